The summed E-state index contributed by atoms with van der Waals surface area (Å²) in [6.07, 6.45) is 1.95. The quantitative estimate of drug-likeness (QED) is 0.857. The normalized spacial score (nSPS) is 18.2. The van der Waals surface area contributed by atoms with Crippen molar-refractivity contribution < 1.29 is 13.2 Å². The lowest BCUT2D eigenvalue weighted by Crippen LogP contribution is -2.39. The van der Waals surface area contributed by atoms with Gasteiger partial charge in [0.15, 0.2) is 0 Å². The van der Waals surface area contributed by atoms with Gasteiger partial charge in [0, 0.05) is 25.2 Å². The first-order valence-corrected chi connectivity index (χ1v) is 10.7. The molecule has 27 heavy (non-hydrogen) atoms. The molecule has 0 spiro atoms. The van der Waals surface area contributed by atoms with Crippen LogP contribution in [-0.4, -0.2) is 31.7 Å². The number of aryl methyl sites for hydroxylation is 1. The molecule has 1 unspecified atom stereocenters. The Bertz CT molecular complexity index is 907. The summed E-state index contributed by atoms with van der Waals surface area (Å²) in [6, 6.07) is 14.1. The Kier molecular flexibility index (Phi) is 5.97. The highest BCUT2D eigenvalue weighted by atomic mass is 32.2. The molecule has 1 atom stereocenters. The minimum Gasteiger partial charge on any atom is -0.348 e. The third-order valence-electron chi connectivity index (χ3n) is 5.07. The lowest BCUT2D eigenvalue weighted by Gasteiger charge is -2.30. The van der Waals surface area contributed by atoms with Crippen LogP contribution in [0.4, 0.5) is 0 Å². The Labute approximate surface area is 161 Å². The molecule has 1 saturated heterocycles. The smallest absolute Gasteiger partial charge is 0.251 e. The fourth-order valence-corrected chi connectivity index (χ4v) is 4.98. The van der Waals surface area contributed by atoms with E-state index in [9.17, 15) is 13.2 Å². The summed E-state index contributed by atoms with van der Waals surface area (Å²) in [7, 11) is -3.50. The third-order valence-corrected chi connectivity index (χ3v) is 6.95. The van der Waals surface area contributed by atoms with Crippen molar-refractivity contribution in [2.75, 3.05) is 13.1 Å². The van der Waals surface area contributed by atoms with Gasteiger partial charge in [0.1, 0.15) is 0 Å². The van der Waals surface area contributed by atoms with Gasteiger partial charge in [0.25, 0.3) is 5.91 Å². The molecular formula is C21H26N2O3S. The van der Waals surface area contributed by atoms with Crippen molar-refractivity contribution in [3.8, 4) is 0 Å². The van der Waals surface area contributed by atoms with Crippen LogP contribution >= 0.6 is 0 Å². The highest BCUT2D eigenvalue weighted by Crippen LogP contribution is 2.23. The second-order valence-corrected chi connectivity index (χ2v) is 9.18. The molecule has 1 aliphatic heterocycles. The number of hydrogen-bond acceptors (Lipinski definition) is 3. The molecule has 1 heterocycles. The molecule has 1 aliphatic rings. The van der Waals surface area contributed by atoms with Gasteiger partial charge in [-0.25, -0.2) is 8.42 Å². The molecule has 6 heteroatoms. The molecular weight excluding hydrogens is 360 g/mol. The summed E-state index contributed by atoms with van der Waals surface area (Å²) >= 11 is 0. The highest BCUT2D eigenvalue weighted by molar-refractivity contribution is 7.89. The van der Waals surface area contributed by atoms with Crippen LogP contribution in [0.25, 0.3) is 0 Å². The van der Waals surface area contributed by atoms with E-state index in [2.05, 4.69) is 12.2 Å². The maximum Gasteiger partial charge on any atom is 0.251 e. The Morgan fingerprint density at radius 1 is 1.15 bits per heavy atom. The number of hydrogen-bond donors (Lipinski definition) is 1. The van der Waals surface area contributed by atoms with E-state index in [1.54, 1.807) is 16.4 Å². The summed E-state index contributed by atoms with van der Waals surface area (Å²) < 4.78 is 27.1. The van der Waals surface area contributed by atoms with Crippen molar-refractivity contribution in [2.24, 2.45) is 5.92 Å². The van der Waals surface area contributed by atoms with E-state index < -0.39 is 10.0 Å². The van der Waals surface area contributed by atoms with E-state index in [4.69, 9.17) is 0 Å². The first-order valence-electron chi connectivity index (χ1n) is 9.31. The predicted octanol–water partition coefficient (Wildman–Crippen LogP) is 3.35. The van der Waals surface area contributed by atoms with Gasteiger partial charge in [-0.15, -0.1) is 0 Å². The Morgan fingerprint density at radius 3 is 2.52 bits per heavy atom. The van der Waals surface area contributed by atoms with Crippen molar-refractivity contribution in [1.82, 2.24) is 9.62 Å². The molecule has 0 aliphatic carbocycles. The van der Waals surface area contributed by atoms with E-state index in [-0.39, 0.29) is 10.8 Å². The summed E-state index contributed by atoms with van der Waals surface area (Å²) in [4.78, 5) is 12.6. The number of carbonyl (C=O) groups excluding carboxylic acids is 1. The number of sulfonamides is 1. The van der Waals surface area contributed by atoms with Gasteiger partial charge in [-0.1, -0.05) is 31.2 Å². The number of benzene rings is 2. The van der Waals surface area contributed by atoms with Crippen LogP contribution in [0.5, 0.6) is 0 Å². The summed E-state index contributed by atoms with van der Waals surface area (Å²) in [5, 5.41) is 2.88. The Balaban J connectivity index is 1.67. The number of piperidine rings is 1. The minimum atomic E-state index is -3.50. The van der Waals surface area contributed by atoms with E-state index >= 15 is 0 Å². The summed E-state index contributed by atoms with van der Waals surface area (Å²) in [5.74, 6) is 0.161. The van der Waals surface area contributed by atoms with Gasteiger partial charge in [0.2, 0.25) is 10.0 Å². The summed E-state index contributed by atoms with van der Waals surface area (Å²) in [5.41, 5.74) is 2.63. The van der Waals surface area contributed by atoms with Crippen molar-refractivity contribution in [1.29, 1.82) is 0 Å². The van der Waals surface area contributed by atoms with Gasteiger partial charge in [-0.2, -0.15) is 4.31 Å². The molecule has 3 rings (SSSR count). The number of carbonyl (C=O) groups is 1. The van der Waals surface area contributed by atoms with E-state index in [1.165, 1.54) is 12.1 Å². The van der Waals surface area contributed by atoms with Crippen molar-refractivity contribution in [3.63, 3.8) is 0 Å². The van der Waals surface area contributed by atoms with Gasteiger partial charge in [-0.05, 0) is 61.1 Å². The molecule has 2 aromatic rings. The van der Waals surface area contributed by atoms with Gasteiger partial charge >= 0.3 is 0 Å². The van der Waals surface area contributed by atoms with E-state index in [0.717, 1.165) is 24.0 Å². The average Bonchev–Trinajstić information content (AvgIpc) is 2.67. The van der Waals surface area contributed by atoms with Crippen molar-refractivity contribution >= 4 is 15.9 Å². The minimum absolute atomic E-state index is 0.214. The topological polar surface area (TPSA) is 66.5 Å². The molecule has 0 radical (unpaired) electrons. The zero-order valence-corrected chi connectivity index (χ0v) is 16.6. The van der Waals surface area contributed by atoms with Crippen LogP contribution in [0.3, 0.4) is 0 Å². The molecule has 1 fully saturated rings. The van der Waals surface area contributed by atoms with Crippen molar-refractivity contribution in [2.45, 2.75) is 38.1 Å². The lowest BCUT2D eigenvalue weighted by atomic mass is 10.0. The average molecular weight is 387 g/mol. The highest BCUT2D eigenvalue weighted by Gasteiger charge is 2.28. The Morgan fingerprint density at radius 2 is 1.85 bits per heavy atom. The van der Waals surface area contributed by atoms with Crippen LogP contribution in [0.1, 0.15) is 41.3 Å². The monoisotopic (exact) mass is 386 g/mol. The lowest BCUT2D eigenvalue weighted by molar-refractivity contribution is 0.0950. The summed E-state index contributed by atoms with van der Waals surface area (Å²) in [6.45, 7) is 5.63. The first-order chi connectivity index (χ1) is 12.9. The second-order valence-electron chi connectivity index (χ2n) is 7.24. The largest absolute Gasteiger partial charge is 0.348 e. The standard InChI is InChI=1S/C21H26N2O3S/c1-16-6-5-13-23(15-16)27(25,26)20-11-9-18(10-12-20)21(24)22-14-19-8-4-3-7-17(19)2/h3-4,7-12,16H,5-6,13-15H2,1-2H3,(H,22,24). The Hall–Kier alpha value is -2.18. The number of nitrogens with zero attached hydrogens (tertiary/aromatic N) is 1. The SMILES string of the molecule is Cc1ccccc1CNC(=O)c1ccc(S(=O)(=O)N2CCCC(C)C2)cc1. The van der Waals surface area contributed by atoms with Gasteiger partial charge in [0.05, 0.1) is 4.90 Å². The number of amides is 1. The fraction of sp³-hybridized carbons (Fsp3) is 0.381. The van der Waals surface area contributed by atoms with E-state index in [0.29, 0.717) is 31.1 Å². The predicted molar refractivity (Wildman–Crippen MR) is 106 cm³/mol. The number of rotatable bonds is 5. The van der Waals surface area contributed by atoms with Crippen LogP contribution in [-0.2, 0) is 16.6 Å². The zero-order valence-electron chi connectivity index (χ0n) is 15.8. The molecule has 1 amide bonds. The number of nitrogens with one attached hydrogen (secondary N) is 1. The molecule has 0 saturated carbocycles. The second kappa shape index (κ2) is 8.23. The molecule has 144 valence electrons. The third kappa shape index (κ3) is 4.57. The zero-order chi connectivity index (χ0) is 19.4. The molecule has 0 bridgehead atoms. The van der Waals surface area contributed by atoms with Crippen LogP contribution in [0.15, 0.2) is 53.4 Å². The van der Waals surface area contributed by atoms with Gasteiger partial charge < -0.3 is 5.32 Å². The van der Waals surface area contributed by atoms with Gasteiger partial charge in [-0.3, -0.25) is 4.79 Å². The van der Waals surface area contributed by atoms with Crippen LogP contribution in [0, 0.1) is 12.8 Å². The maximum absolute atomic E-state index is 12.8. The first kappa shape index (κ1) is 19.6. The maximum atomic E-state index is 12.8. The molecule has 1 N–H and O–H groups in total. The fourth-order valence-electron chi connectivity index (χ4n) is 3.38. The molecule has 0 aromatic heterocycles. The van der Waals surface area contributed by atoms with E-state index in [1.807, 2.05) is 31.2 Å². The van der Waals surface area contributed by atoms with Crippen molar-refractivity contribution in [3.05, 3.63) is 65.2 Å². The van der Waals surface area contributed by atoms with Crippen LogP contribution in [0.2, 0.25) is 0 Å². The molecule has 2 aromatic carbocycles. The molecule has 5 nitrogen and oxygen atoms in total. The van der Waals surface area contributed by atoms with Crippen LogP contribution < -0.4 is 5.32 Å².